The van der Waals surface area contributed by atoms with Crippen molar-refractivity contribution >= 4 is 22.5 Å². The molecule has 0 radical (unpaired) electrons. The van der Waals surface area contributed by atoms with Gasteiger partial charge in [-0.15, -0.1) is 0 Å². The number of nitrogens with zero attached hydrogens (tertiary/aromatic N) is 2. The SMILES string of the molecule is O=C1C[C@H](c2ccc(OCc3ccccn3)cc2)c2cn(Cc3cccc(F)c3)c3cccc(c23)N1. The molecule has 0 unspecified atom stereocenters. The lowest BCUT2D eigenvalue weighted by molar-refractivity contribution is -0.116. The monoisotopic (exact) mass is 477 g/mol. The first-order valence-corrected chi connectivity index (χ1v) is 11.9. The molecule has 1 amide bonds. The summed E-state index contributed by atoms with van der Waals surface area (Å²) in [6.07, 6.45) is 4.19. The minimum absolute atomic E-state index is 0.0177. The van der Waals surface area contributed by atoms with E-state index in [0.717, 1.165) is 44.7 Å². The molecule has 0 bridgehead atoms. The van der Waals surface area contributed by atoms with Gasteiger partial charge in [-0.25, -0.2) is 4.39 Å². The Bertz CT molecular complexity index is 1540. The minimum Gasteiger partial charge on any atom is -0.487 e. The molecule has 178 valence electrons. The molecule has 1 aliphatic heterocycles. The van der Waals surface area contributed by atoms with Crippen LogP contribution < -0.4 is 10.1 Å². The van der Waals surface area contributed by atoms with Crippen LogP contribution in [0.4, 0.5) is 10.1 Å². The summed E-state index contributed by atoms with van der Waals surface area (Å²) in [6.45, 7) is 0.932. The number of amides is 1. The lowest BCUT2D eigenvalue weighted by atomic mass is 9.88. The summed E-state index contributed by atoms with van der Waals surface area (Å²) in [5.74, 6) is 0.365. The zero-order valence-corrected chi connectivity index (χ0v) is 19.5. The van der Waals surface area contributed by atoms with E-state index >= 15 is 0 Å². The van der Waals surface area contributed by atoms with E-state index in [0.29, 0.717) is 19.6 Å². The normalized spacial score (nSPS) is 14.9. The predicted octanol–water partition coefficient (Wildman–Crippen LogP) is 6.28. The fraction of sp³-hybridized carbons (Fsp3) is 0.133. The van der Waals surface area contributed by atoms with Crippen LogP contribution in [0.15, 0.2) is 97.3 Å². The van der Waals surface area contributed by atoms with Crippen LogP contribution in [0.5, 0.6) is 5.75 Å². The van der Waals surface area contributed by atoms with Gasteiger partial charge in [0.1, 0.15) is 18.2 Å². The molecule has 0 fully saturated rings. The van der Waals surface area contributed by atoms with Gasteiger partial charge in [0.2, 0.25) is 5.91 Å². The van der Waals surface area contributed by atoms with Gasteiger partial charge in [-0.05, 0) is 65.2 Å². The van der Waals surface area contributed by atoms with E-state index in [1.807, 2.05) is 66.7 Å². The van der Waals surface area contributed by atoms with E-state index in [-0.39, 0.29) is 17.6 Å². The molecule has 1 atom stereocenters. The molecule has 6 rings (SSSR count). The molecule has 1 N–H and O–H groups in total. The summed E-state index contributed by atoms with van der Waals surface area (Å²) in [6, 6.07) is 26.3. The maximum absolute atomic E-state index is 13.8. The van der Waals surface area contributed by atoms with Gasteiger partial charge in [-0.2, -0.15) is 0 Å². The average molecular weight is 478 g/mol. The first-order chi connectivity index (χ1) is 17.6. The van der Waals surface area contributed by atoms with Gasteiger partial charge in [-0.3, -0.25) is 9.78 Å². The van der Waals surface area contributed by atoms with Gasteiger partial charge in [0.05, 0.1) is 16.9 Å². The average Bonchev–Trinajstić information content (AvgIpc) is 3.18. The molecule has 2 aromatic heterocycles. The van der Waals surface area contributed by atoms with Gasteiger partial charge in [0.25, 0.3) is 0 Å². The first-order valence-electron chi connectivity index (χ1n) is 11.9. The first kappa shape index (κ1) is 22.0. The van der Waals surface area contributed by atoms with E-state index in [1.165, 1.54) is 6.07 Å². The van der Waals surface area contributed by atoms with Gasteiger partial charge in [0, 0.05) is 36.7 Å². The number of hydrogen-bond donors (Lipinski definition) is 1. The van der Waals surface area contributed by atoms with Crippen molar-refractivity contribution in [3.05, 3.63) is 126 Å². The molecule has 0 spiro atoms. The molecule has 5 aromatic rings. The molecule has 3 heterocycles. The highest BCUT2D eigenvalue weighted by Crippen LogP contribution is 2.41. The van der Waals surface area contributed by atoms with Crippen LogP contribution in [0, 0.1) is 5.82 Å². The summed E-state index contributed by atoms with van der Waals surface area (Å²) in [5.41, 5.74) is 5.68. The van der Waals surface area contributed by atoms with Crippen molar-refractivity contribution in [2.45, 2.75) is 25.5 Å². The number of hydrogen-bond acceptors (Lipinski definition) is 3. The molecular formula is C30H24FN3O2. The third kappa shape index (κ3) is 4.33. The molecule has 0 saturated heterocycles. The van der Waals surface area contributed by atoms with E-state index in [2.05, 4.69) is 21.1 Å². The summed E-state index contributed by atoms with van der Waals surface area (Å²) < 4.78 is 21.9. The molecule has 1 aliphatic rings. The van der Waals surface area contributed by atoms with Crippen LogP contribution >= 0.6 is 0 Å². The second-order valence-electron chi connectivity index (χ2n) is 9.03. The van der Waals surface area contributed by atoms with Crippen LogP contribution in [0.25, 0.3) is 10.9 Å². The summed E-state index contributed by atoms with van der Waals surface area (Å²) >= 11 is 0. The zero-order chi connectivity index (χ0) is 24.5. The van der Waals surface area contributed by atoms with Crippen molar-refractivity contribution in [1.82, 2.24) is 9.55 Å². The van der Waals surface area contributed by atoms with Crippen LogP contribution in [0.2, 0.25) is 0 Å². The van der Waals surface area contributed by atoms with Gasteiger partial charge in [-0.1, -0.05) is 36.4 Å². The number of anilines is 1. The Hall–Kier alpha value is -4.45. The number of halogens is 1. The van der Waals surface area contributed by atoms with Crippen molar-refractivity contribution in [1.29, 1.82) is 0 Å². The molecule has 3 aromatic carbocycles. The maximum atomic E-state index is 13.8. The number of aromatic nitrogens is 2. The highest BCUT2D eigenvalue weighted by atomic mass is 19.1. The Morgan fingerprint density at radius 1 is 1.00 bits per heavy atom. The number of benzene rings is 3. The number of pyridine rings is 1. The third-order valence-corrected chi connectivity index (χ3v) is 6.61. The highest BCUT2D eigenvalue weighted by molar-refractivity contribution is 6.06. The van der Waals surface area contributed by atoms with Gasteiger partial charge in [0.15, 0.2) is 0 Å². The largest absolute Gasteiger partial charge is 0.487 e. The Morgan fingerprint density at radius 3 is 2.67 bits per heavy atom. The van der Waals surface area contributed by atoms with Gasteiger partial charge >= 0.3 is 0 Å². The number of carbonyl (C=O) groups excluding carboxylic acids is 1. The summed E-state index contributed by atoms with van der Waals surface area (Å²) in [5, 5.41) is 4.11. The fourth-order valence-corrected chi connectivity index (χ4v) is 4.95. The molecule has 5 nitrogen and oxygen atoms in total. The second-order valence-corrected chi connectivity index (χ2v) is 9.03. The number of carbonyl (C=O) groups is 1. The summed E-state index contributed by atoms with van der Waals surface area (Å²) in [4.78, 5) is 17.1. The standard InChI is InChI=1S/C30H24FN3O2/c31-22-6-3-5-20(15-22)17-34-18-26-25(16-29(35)33-27-8-4-9-28(34)30(26)27)21-10-12-24(13-11-21)36-19-23-7-1-2-14-32-23/h1-15,18,25H,16-17,19H2,(H,33,35)/t25-/m1/s1. The quantitative estimate of drug-likeness (QED) is 0.313. The van der Waals surface area contributed by atoms with Crippen molar-refractivity contribution in [2.75, 3.05) is 5.32 Å². The van der Waals surface area contributed by atoms with Gasteiger partial charge < -0.3 is 14.6 Å². The zero-order valence-electron chi connectivity index (χ0n) is 19.5. The Kier molecular flexibility index (Phi) is 5.70. The predicted molar refractivity (Wildman–Crippen MR) is 138 cm³/mol. The lowest BCUT2D eigenvalue weighted by Crippen LogP contribution is -2.14. The molecule has 6 heteroatoms. The van der Waals surface area contributed by atoms with Crippen molar-refractivity contribution in [3.8, 4) is 5.75 Å². The van der Waals surface area contributed by atoms with E-state index in [1.54, 1.807) is 18.3 Å². The van der Waals surface area contributed by atoms with Crippen molar-refractivity contribution in [3.63, 3.8) is 0 Å². The van der Waals surface area contributed by atoms with Crippen LogP contribution in [0.1, 0.15) is 34.7 Å². The Morgan fingerprint density at radius 2 is 1.86 bits per heavy atom. The van der Waals surface area contributed by atoms with Crippen molar-refractivity contribution < 1.29 is 13.9 Å². The number of ether oxygens (including phenoxy) is 1. The lowest BCUT2D eigenvalue weighted by Gasteiger charge is -2.15. The molecule has 0 aliphatic carbocycles. The Balaban J connectivity index is 1.34. The molecular weight excluding hydrogens is 453 g/mol. The van der Waals surface area contributed by atoms with Crippen LogP contribution in [0.3, 0.4) is 0 Å². The number of nitrogens with one attached hydrogen (secondary N) is 1. The fourth-order valence-electron chi connectivity index (χ4n) is 4.95. The third-order valence-electron chi connectivity index (χ3n) is 6.61. The second kappa shape index (κ2) is 9.30. The van der Waals surface area contributed by atoms with Crippen LogP contribution in [-0.2, 0) is 17.9 Å². The van der Waals surface area contributed by atoms with E-state index in [9.17, 15) is 9.18 Å². The molecule has 0 saturated carbocycles. The smallest absolute Gasteiger partial charge is 0.225 e. The highest BCUT2D eigenvalue weighted by Gasteiger charge is 2.28. The topological polar surface area (TPSA) is 56.1 Å². The number of rotatable bonds is 6. The van der Waals surface area contributed by atoms with E-state index < -0.39 is 0 Å². The van der Waals surface area contributed by atoms with E-state index in [4.69, 9.17) is 4.74 Å². The molecule has 36 heavy (non-hydrogen) atoms. The van der Waals surface area contributed by atoms with Crippen molar-refractivity contribution in [2.24, 2.45) is 0 Å². The summed E-state index contributed by atoms with van der Waals surface area (Å²) in [7, 11) is 0. The Labute approximate surface area is 208 Å². The minimum atomic E-state index is -0.249. The maximum Gasteiger partial charge on any atom is 0.225 e. The van der Waals surface area contributed by atoms with Crippen LogP contribution in [-0.4, -0.2) is 15.5 Å².